The third kappa shape index (κ3) is 2.56. The second-order valence-electron chi connectivity index (χ2n) is 2.89. The second kappa shape index (κ2) is 5.79. The summed E-state index contributed by atoms with van der Waals surface area (Å²) in [6.07, 6.45) is 0. The van der Waals surface area contributed by atoms with Crippen molar-refractivity contribution in [3.63, 3.8) is 0 Å². The van der Waals surface area contributed by atoms with Gasteiger partial charge in [0.25, 0.3) is 0 Å². The molecule has 1 heterocycles. The van der Waals surface area contributed by atoms with E-state index in [-0.39, 0.29) is 7.92 Å². The van der Waals surface area contributed by atoms with Gasteiger partial charge in [-0.3, -0.25) is 0 Å². The van der Waals surface area contributed by atoms with Crippen LogP contribution in [-0.2, 0) is 4.57 Å². The van der Waals surface area contributed by atoms with E-state index in [1.165, 1.54) is 11.3 Å². The number of hydrogen-bond acceptors (Lipinski definition) is 7. The Morgan fingerprint density at radius 3 is 3.11 bits per heavy atom. The van der Waals surface area contributed by atoms with Crippen molar-refractivity contribution >= 4 is 62.3 Å². The number of nitrogen functional groups attached to an aromatic ring is 1. The Morgan fingerprint density at radius 1 is 1.67 bits per heavy atom. The van der Waals surface area contributed by atoms with Crippen LogP contribution < -0.4 is 10.5 Å². The van der Waals surface area contributed by atoms with Crippen molar-refractivity contribution in [3.8, 4) is 17.0 Å². The summed E-state index contributed by atoms with van der Waals surface area (Å²) in [4.78, 5) is 4.81. The van der Waals surface area contributed by atoms with E-state index < -0.39 is 0 Å². The van der Waals surface area contributed by atoms with Gasteiger partial charge in [-0.05, 0) is 0 Å². The molecule has 0 amide bonds. The van der Waals surface area contributed by atoms with Crippen LogP contribution in [0.15, 0.2) is 15.4 Å². The van der Waals surface area contributed by atoms with Gasteiger partial charge in [-0.15, -0.1) is 0 Å². The molecule has 1 aromatic heterocycles. The molecule has 1 aromatic carbocycles. The van der Waals surface area contributed by atoms with Crippen LogP contribution in [0.1, 0.15) is 0 Å². The van der Waals surface area contributed by atoms with Crippen molar-refractivity contribution in [2.24, 2.45) is 0 Å². The van der Waals surface area contributed by atoms with Crippen LogP contribution in [0, 0.1) is 16.5 Å². The number of thiazole rings is 1. The third-order valence-corrected chi connectivity index (χ3v) is 4.95. The summed E-state index contributed by atoms with van der Waals surface area (Å²) < 4.78 is 17.0. The maximum atomic E-state index is 10.3. The number of halogens is 1. The van der Waals surface area contributed by atoms with Gasteiger partial charge in [0.2, 0.25) is 0 Å². The summed E-state index contributed by atoms with van der Waals surface area (Å²) in [5.74, 6) is 2.55. The standard InChI is InChI=1S/C9H3BrN3O2PS2/c10-6-5(17-2-11)1-4(15-3-16-14)7-8(6)18-9(12)13-7/h1H,(H2,12,13). The number of nitriles is 1. The van der Waals surface area contributed by atoms with Gasteiger partial charge in [0.05, 0.1) is 0 Å². The van der Waals surface area contributed by atoms with E-state index in [1.807, 2.05) is 5.40 Å². The Balaban J connectivity index is 2.73. The fourth-order valence-corrected chi connectivity index (χ4v) is 3.52. The summed E-state index contributed by atoms with van der Waals surface area (Å²) in [6.45, 7) is 0. The number of rotatable bonds is 2. The molecule has 0 radical (unpaired) electrons. The van der Waals surface area contributed by atoms with Gasteiger partial charge in [-0.2, -0.15) is 0 Å². The zero-order valence-electron chi connectivity index (χ0n) is 8.51. The number of aromatic nitrogens is 1. The molecule has 2 N–H and O–H groups in total. The van der Waals surface area contributed by atoms with Crippen LogP contribution in [0.5, 0.6) is 5.75 Å². The molecule has 90 valence electrons. The summed E-state index contributed by atoms with van der Waals surface area (Å²) in [7, 11) is -0.366. The fourth-order valence-electron chi connectivity index (χ4n) is 1.28. The molecule has 0 aliphatic heterocycles. The van der Waals surface area contributed by atoms with Gasteiger partial charge in [0.1, 0.15) is 0 Å². The van der Waals surface area contributed by atoms with Crippen LogP contribution in [0.3, 0.4) is 0 Å². The quantitative estimate of drug-likeness (QED) is 0.498. The van der Waals surface area contributed by atoms with E-state index in [1.54, 1.807) is 6.07 Å². The molecule has 0 saturated carbocycles. The predicted octanol–water partition coefficient (Wildman–Crippen LogP) is 3.80. The SMILES string of the molecule is N#CSc1cc(OC#P=O)c2nc(N)sc2c1Br. The zero-order chi connectivity index (χ0) is 13.1. The molecule has 0 aliphatic rings. The van der Waals surface area contributed by atoms with Crippen molar-refractivity contribution < 1.29 is 9.30 Å². The topological polar surface area (TPSA) is 89.0 Å². The number of anilines is 1. The molecule has 0 bridgehead atoms. The zero-order valence-corrected chi connectivity index (χ0v) is 12.6. The van der Waals surface area contributed by atoms with Crippen molar-refractivity contribution in [1.82, 2.24) is 4.98 Å². The second-order valence-corrected chi connectivity index (χ2v) is 5.91. The van der Waals surface area contributed by atoms with Crippen molar-refractivity contribution in [1.29, 1.82) is 5.26 Å². The number of nitrogens with two attached hydrogens (primary N) is 1. The van der Waals surface area contributed by atoms with E-state index >= 15 is 0 Å². The van der Waals surface area contributed by atoms with E-state index in [0.29, 0.717) is 21.3 Å². The van der Waals surface area contributed by atoms with Crippen molar-refractivity contribution in [2.45, 2.75) is 4.90 Å². The molecule has 0 unspecified atom stereocenters. The van der Waals surface area contributed by atoms with Crippen LogP contribution in [-0.4, -0.2) is 4.98 Å². The number of thiocyanates is 1. The summed E-state index contributed by atoms with van der Waals surface area (Å²) >= 11 is 5.66. The maximum absolute atomic E-state index is 10.3. The Hall–Kier alpha value is -0.960. The van der Waals surface area contributed by atoms with E-state index in [2.05, 4.69) is 26.7 Å². The number of fused-ring (bicyclic) bond motifs is 1. The number of nitrogens with zero attached hydrogens (tertiary/aromatic N) is 2. The Morgan fingerprint density at radius 2 is 2.44 bits per heavy atom. The normalized spacial score (nSPS) is 9.78. The fraction of sp³-hybridized carbons (Fsp3) is 0. The van der Waals surface area contributed by atoms with Crippen LogP contribution in [0.25, 0.3) is 10.2 Å². The molecule has 0 spiro atoms. The predicted molar refractivity (Wildman–Crippen MR) is 75.3 cm³/mol. The number of hydrogen-bond donors (Lipinski definition) is 1. The first-order valence-corrected chi connectivity index (χ1v) is 7.60. The van der Waals surface area contributed by atoms with Crippen LogP contribution >= 0.6 is 46.9 Å². The first-order chi connectivity index (χ1) is 8.67. The molecule has 18 heavy (non-hydrogen) atoms. The molecule has 9 heteroatoms. The molecular weight excluding hydrogens is 357 g/mol. The summed E-state index contributed by atoms with van der Waals surface area (Å²) in [6, 6.07) is 1.62. The number of thioether (sulfide) groups is 1. The van der Waals surface area contributed by atoms with Crippen LogP contribution in [0.4, 0.5) is 5.13 Å². The Kier molecular flexibility index (Phi) is 4.33. The van der Waals surface area contributed by atoms with Crippen LogP contribution in [0.2, 0.25) is 0 Å². The third-order valence-electron chi connectivity index (χ3n) is 1.90. The summed E-state index contributed by atoms with van der Waals surface area (Å²) in [5.41, 5.74) is 6.20. The van der Waals surface area contributed by atoms with Gasteiger partial charge in [-0.1, -0.05) is 0 Å². The van der Waals surface area contributed by atoms with E-state index in [0.717, 1.165) is 20.9 Å². The average Bonchev–Trinajstić information content (AvgIpc) is 2.74. The molecule has 2 aromatic rings. The van der Waals surface area contributed by atoms with E-state index in [9.17, 15) is 4.57 Å². The Bertz CT molecular complexity index is 765. The number of ether oxygens (including phenoxy) is 1. The molecular formula is C9H3BrN3O2PS2. The van der Waals surface area contributed by atoms with Gasteiger partial charge in [0.15, 0.2) is 0 Å². The number of benzene rings is 1. The van der Waals surface area contributed by atoms with Gasteiger partial charge in [0, 0.05) is 0 Å². The molecule has 0 atom stereocenters. The van der Waals surface area contributed by atoms with Gasteiger partial charge < -0.3 is 0 Å². The van der Waals surface area contributed by atoms with Crippen molar-refractivity contribution in [3.05, 3.63) is 10.5 Å². The summed E-state index contributed by atoms with van der Waals surface area (Å²) in [5, 5.41) is 11.1. The molecule has 0 fully saturated rings. The molecule has 0 saturated heterocycles. The monoisotopic (exact) mass is 359 g/mol. The van der Waals surface area contributed by atoms with E-state index in [4.69, 9.17) is 15.7 Å². The minimum absolute atomic E-state index is 0.363. The minimum atomic E-state index is -0.366. The first-order valence-electron chi connectivity index (χ1n) is 4.36. The molecule has 0 aliphatic carbocycles. The Labute approximate surface area is 120 Å². The first kappa shape index (κ1) is 13.5. The van der Waals surface area contributed by atoms with Gasteiger partial charge in [-0.25, -0.2) is 0 Å². The van der Waals surface area contributed by atoms with Gasteiger partial charge >= 0.3 is 120 Å². The molecule has 5 nitrogen and oxygen atoms in total. The molecule has 2 rings (SSSR count). The average molecular weight is 360 g/mol. The van der Waals surface area contributed by atoms with Crippen molar-refractivity contribution in [2.75, 3.05) is 5.73 Å².